The van der Waals surface area contributed by atoms with Gasteiger partial charge in [0.1, 0.15) is 53.3 Å². The third-order valence-corrected chi connectivity index (χ3v) is 9.35. The maximum Gasteiger partial charge on any atom is 0.417 e. The number of hydrogen-bond acceptors (Lipinski definition) is 9. The number of nitrogen functional groups attached to an aromatic ring is 1. The smallest absolute Gasteiger partial charge is 0.417 e. The minimum absolute atomic E-state index is 0.0226. The van der Waals surface area contributed by atoms with Crippen LogP contribution in [0.15, 0.2) is 6.07 Å². The van der Waals surface area contributed by atoms with E-state index in [0.717, 1.165) is 6.92 Å². The number of benzene rings is 1. The molecule has 16 heteroatoms. The van der Waals surface area contributed by atoms with Crippen molar-refractivity contribution in [1.29, 1.82) is 0 Å². The summed E-state index contributed by atoms with van der Waals surface area (Å²) in [7, 11) is 0. The largest absolute Gasteiger partial charge is 0.472 e. The molecule has 0 radical (unpaired) electrons. The zero-order valence-electron chi connectivity index (χ0n) is 24.3. The van der Waals surface area contributed by atoms with Crippen molar-refractivity contribution in [3.05, 3.63) is 28.8 Å². The minimum atomic E-state index is -5.09. The molecule has 4 aliphatic heterocycles. The number of nitrogens with zero attached hydrogens (tertiary/aromatic N) is 5. The monoisotopic (exact) mass is 641 g/mol. The van der Waals surface area contributed by atoms with E-state index in [4.69, 9.17) is 15.2 Å². The quantitative estimate of drug-likeness (QED) is 0.318. The Morgan fingerprint density at radius 2 is 1.82 bits per heavy atom. The molecule has 0 bridgehead atoms. The van der Waals surface area contributed by atoms with Crippen molar-refractivity contribution < 1.29 is 40.2 Å². The van der Waals surface area contributed by atoms with Gasteiger partial charge in [-0.15, -0.1) is 0 Å². The van der Waals surface area contributed by atoms with Gasteiger partial charge in [0.05, 0.1) is 22.8 Å². The summed E-state index contributed by atoms with van der Waals surface area (Å²) in [5.41, 5.74) is -0.131. The zero-order chi connectivity index (χ0) is 32.0. The van der Waals surface area contributed by atoms with E-state index in [1.807, 2.05) is 4.90 Å². The maximum atomic E-state index is 16.6. The van der Waals surface area contributed by atoms with Gasteiger partial charge >= 0.3 is 12.2 Å². The lowest BCUT2D eigenvalue weighted by atomic mass is 9.94. The first-order valence-corrected chi connectivity index (χ1v) is 14.6. The standard InChI is InChI=1S/C29H30F7N7O2/c1-12-20(29(34,35)36)16(5-17(37)21(12)32)23-22(33)24-19-25(43-4-3-38-8-18(43)13(2)45-26(19)39-23)41-27(40-24)44-11-28-6-14(30)9-42(28)10-15(31)7-28/h5,13-15,18,38H,3-4,6-11,37H2,1-2H3/t13?,14-,15+,18?,28+. The van der Waals surface area contributed by atoms with E-state index in [1.165, 1.54) is 0 Å². The van der Waals surface area contributed by atoms with Gasteiger partial charge in [-0.25, -0.2) is 22.5 Å². The predicted octanol–water partition coefficient (Wildman–Crippen LogP) is 4.34. The van der Waals surface area contributed by atoms with Crippen molar-refractivity contribution in [3.63, 3.8) is 0 Å². The van der Waals surface area contributed by atoms with Gasteiger partial charge in [-0.2, -0.15) is 23.1 Å². The van der Waals surface area contributed by atoms with Gasteiger partial charge < -0.3 is 25.4 Å². The number of nitrogens with two attached hydrogens (primary N) is 1. The summed E-state index contributed by atoms with van der Waals surface area (Å²) in [6.45, 7) is 3.99. The highest BCUT2D eigenvalue weighted by atomic mass is 19.4. The molecule has 4 aliphatic rings. The third-order valence-electron chi connectivity index (χ3n) is 9.35. The summed E-state index contributed by atoms with van der Waals surface area (Å²) in [4.78, 5) is 16.6. The number of pyridine rings is 1. The molecule has 9 nitrogen and oxygen atoms in total. The minimum Gasteiger partial charge on any atom is -0.472 e. The number of halogens is 7. The molecule has 242 valence electrons. The number of piperazine rings is 1. The summed E-state index contributed by atoms with van der Waals surface area (Å²) in [6.07, 6.45) is -7.94. The Hall–Kier alpha value is -3.66. The van der Waals surface area contributed by atoms with Gasteiger partial charge in [-0.05, 0) is 25.5 Å². The number of nitrogens with one attached hydrogen (secondary N) is 1. The van der Waals surface area contributed by atoms with Crippen LogP contribution in [0.1, 0.15) is 30.9 Å². The SMILES string of the molecule is Cc1c(F)c(N)cc(-c2nc3c4c(nc(OC[C@]56C[C@H](F)CN5C[C@H](F)C6)nc4c2F)N2CCNCC2C(C)O3)c1C(F)(F)F. The molecule has 45 heavy (non-hydrogen) atoms. The molecule has 0 aliphatic carbocycles. The van der Waals surface area contributed by atoms with Crippen LogP contribution in [0, 0.1) is 18.6 Å². The molecule has 7 rings (SSSR count). The lowest BCUT2D eigenvalue weighted by Gasteiger charge is -2.38. The van der Waals surface area contributed by atoms with Crippen molar-refractivity contribution in [2.24, 2.45) is 0 Å². The number of aromatic nitrogens is 3. The number of hydrogen-bond donors (Lipinski definition) is 2. The van der Waals surface area contributed by atoms with E-state index in [-0.39, 0.29) is 61.7 Å². The lowest BCUT2D eigenvalue weighted by molar-refractivity contribution is -0.137. The predicted molar refractivity (Wildman–Crippen MR) is 150 cm³/mol. The Labute approximate surface area is 252 Å². The first-order valence-electron chi connectivity index (χ1n) is 14.6. The van der Waals surface area contributed by atoms with E-state index in [1.54, 1.807) is 11.8 Å². The normalized spacial score (nSPS) is 28.2. The Balaban J connectivity index is 1.42. The van der Waals surface area contributed by atoms with Crippen molar-refractivity contribution >= 4 is 22.4 Å². The van der Waals surface area contributed by atoms with E-state index in [9.17, 15) is 26.3 Å². The van der Waals surface area contributed by atoms with E-state index < -0.39 is 75.4 Å². The highest BCUT2D eigenvalue weighted by Gasteiger charge is 2.53. The second-order valence-electron chi connectivity index (χ2n) is 12.3. The summed E-state index contributed by atoms with van der Waals surface area (Å²) in [6, 6.07) is 0.0331. The fourth-order valence-corrected chi connectivity index (χ4v) is 7.32. The van der Waals surface area contributed by atoms with Gasteiger partial charge in [-0.1, -0.05) is 0 Å². The maximum absolute atomic E-state index is 16.6. The Morgan fingerprint density at radius 1 is 1.11 bits per heavy atom. The molecular formula is C29H30F7N7O2. The van der Waals surface area contributed by atoms with E-state index in [0.29, 0.717) is 25.7 Å². The molecule has 0 amide bonds. The lowest BCUT2D eigenvalue weighted by Crippen LogP contribution is -2.56. The Morgan fingerprint density at radius 3 is 2.51 bits per heavy atom. The molecule has 3 saturated heterocycles. The first-order chi connectivity index (χ1) is 21.3. The molecule has 1 aromatic carbocycles. The van der Waals surface area contributed by atoms with Crippen molar-refractivity contribution in [1.82, 2.24) is 25.2 Å². The van der Waals surface area contributed by atoms with Crippen LogP contribution in [0.5, 0.6) is 11.9 Å². The van der Waals surface area contributed by atoms with Gasteiger partial charge in [-0.3, -0.25) is 4.90 Å². The number of anilines is 2. The van der Waals surface area contributed by atoms with Gasteiger partial charge in [0.15, 0.2) is 5.82 Å². The molecule has 6 heterocycles. The molecule has 2 unspecified atom stereocenters. The van der Waals surface area contributed by atoms with E-state index >= 15 is 4.39 Å². The fraction of sp³-hybridized carbons (Fsp3) is 0.552. The Bertz CT molecular complexity index is 1680. The molecule has 2 aromatic heterocycles. The van der Waals surface area contributed by atoms with Crippen LogP contribution in [-0.4, -0.2) is 89.2 Å². The van der Waals surface area contributed by atoms with Crippen LogP contribution < -0.4 is 25.4 Å². The van der Waals surface area contributed by atoms with Gasteiger partial charge in [0.25, 0.3) is 0 Å². The molecule has 5 atom stereocenters. The van der Waals surface area contributed by atoms with Crippen molar-refractivity contribution in [2.45, 2.75) is 62.9 Å². The highest BCUT2D eigenvalue weighted by molar-refractivity contribution is 5.97. The number of fused-ring (bicyclic) bond motifs is 3. The second-order valence-corrected chi connectivity index (χ2v) is 12.3. The zero-order valence-corrected chi connectivity index (χ0v) is 24.3. The van der Waals surface area contributed by atoms with Crippen LogP contribution in [0.3, 0.4) is 0 Å². The molecule has 0 spiro atoms. The van der Waals surface area contributed by atoms with E-state index in [2.05, 4.69) is 20.3 Å². The summed E-state index contributed by atoms with van der Waals surface area (Å²) in [5, 5.41) is 3.28. The molecule has 3 aromatic rings. The van der Waals surface area contributed by atoms with Gasteiger partial charge in [0.2, 0.25) is 5.88 Å². The first kappa shape index (κ1) is 30.0. The molecular weight excluding hydrogens is 611 g/mol. The molecule has 3 fully saturated rings. The number of alkyl halides is 5. The third kappa shape index (κ3) is 4.78. The van der Waals surface area contributed by atoms with Gasteiger partial charge in [0, 0.05) is 51.1 Å². The summed E-state index contributed by atoms with van der Waals surface area (Å²) in [5.74, 6) is -2.55. The average molecular weight is 642 g/mol. The molecule has 0 saturated carbocycles. The number of ether oxygens (including phenoxy) is 2. The summed E-state index contributed by atoms with van der Waals surface area (Å²) >= 11 is 0. The topological polar surface area (TPSA) is 102 Å². The van der Waals surface area contributed by atoms with Crippen LogP contribution in [-0.2, 0) is 6.18 Å². The molecule has 3 N–H and O–H groups in total. The average Bonchev–Trinajstić information content (AvgIpc) is 3.40. The summed E-state index contributed by atoms with van der Waals surface area (Å²) < 4.78 is 115. The second kappa shape index (κ2) is 10.4. The highest BCUT2D eigenvalue weighted by Crippen LogP contribution is 2.47. The van der Waals surface area contributed by atoms with Crippen LogP contribution in [0.4, 0.5) is 42.2 Å². The van der Waals surface area contributed by atoms with Crippen LogP contribution in [0.2, 0.25) is 0 Å². The van der Waals surface area contributed by atoms with Crippen molar-refractivity contribution in [3.8, 4) is 23.1 Å². The Kier molecular flexibility index (Phi) is 6.96. The van der Waals surface area contributed by atoms with Crippen molar-refractivity contribution in [2.75, 3.05) is 50.0 Å². The van der Waals surface area contributed by atoms with Crippen LogP contribution in [0.25, 0.3) is 22.2 Å². The number of rotatable bonds is 4. The van der Waals surface area contributed by atoms with Crippen LogP contribution >= 0.6 is 0 Å². The fourth-order valence-electron chi connectivity index (χ4n) is 7.32.